The molecule has 0 atom stereocenters. The van der Waals surface area contributed by atoms with Crippen molar-refractivity contribution in [3.05, 3.63) is 59.4 Å². The van der Waals surface area contributed by atoms with Crippen LogP contribution in [-0.2, 0) is 23.2 Å². The zero-order chi connectivity index (χ0) is 24.8. The normalized spacial score (nSPS) is 11.7. The van der Waals surface area contributed by atoms with E-state index in [-0.39, 0.29) is 30.7 Å². The van der Waals surface area contributed by atoms with E-state index in [0.717, 1.165) is 30.6 Å². The molecule has 0 aliphatic rings. The fourth-order valence-corrected chi connectivity index (χ4v) is 3.80. The van der Waals surface area contributed by atoms with E-state index in [0.29, 0.717) is 5.56 Å². The number of urea groups is 1. The van der Waals surface area contributed by atoms with Crippen LogP contribution in [0, 0.1) is 5.82 Å². The molecule has 0 aliphatic heterocycles. The lowest BCUT2D eigenvalue weighted by atomic mass is 10.1. The maximum atomic E-state index is 13.4. The van der Waals surface area contributed by atoms with Crippen LogP contribution >= 0.6 is 0 Å². The number of carbonyl (C=O) groups is 1. The zero-order valence-electron chi connectivity index (χ0n) is 20.2. The summed E-state index contributed by atoms with van der Waals surface area (Å²) in [5.74, 6) is -0.185. The lowest BCUT2D eigenvalue weighted by molar-refractivity contribution is 0.183. The molecule has 0 unspecified atom stereocenters. The second-order valence-electron chi connectivity index (χ2n) is 8.91. The molecule has 33 heavy (non-hydrogen) atoms. The minimum atomic E-state index is -3.78. The molecule has 0 aromatic heterocycles. The number of anilines is 1. The number of benzene rings is 2. The van der Waals surface area contributed by atoms with Gasteiger partial charge in [-0.2, -0.15) is 8.42 Å². The standard InChI is InChI=1S/C24H34FN3O4S/c1-7-27(8-2)21-14-11-19(22(15-21)32-33(6,30)31)17-28(23(29)26-24(3,4)5)16-18-9-12-20(25)13-10-18/h9-15H,7-8,16-17H2,1-6H3,(H,26,29). The Morgan fingerprint density at radius 1 is 1.03 bits per heavy atom. The Labute approximate surface area is 196 Å². The SMILES string of the molecule is CCN(CC)c1ccc(CN(Cc2ccc(F)cc2)C(=O)NC(C)(C)C)c(OS(C)(=O)=O)c1. The largest absolute Gasteiger partial charge is 0.382 e. The second kappa shape index (κ2) is 10.9. The first-order valence-electron chi connectivity index (χ1n) is 10.9. The van der Waals surface area contributed by atoms with E-state index < -0.39 is 15.7 Å². The molecule has 0 heterocycles. The van der Waals surface area contributed by atoms with E-state index in [1.165, 1.54) is 12.1 Å². The lowest BCUT2D eigenvalue weighted by Crippen LogP contribution is -2.48. The molecular formula is C24H34FN3O4S. The topological polar surface area (TPSA) is 79.0 Å². The van der Waals surface area contributed by atoms with Gasteiger partial charge in [-0.25, -0.2) is 9.18 Å². The molecule has 1 N–H and O–H groups in total. The highest BCUT2D eigenvalue weighted by Gasteiger charge is 2.23. The summed E-state index contributed by atoms with van der Waals surface area (Å²) in [6.45, 7) is 11.4. The van der Waals surface area contributed by atoms with Crippen LogP contribution < -0.4 is 14.4 Å². The highest BCUT2D eigenvalue weighted by Crippen LogP contribution is 2.29. The molecule has 9 heteroatoms. The predicted octanol–water partition coefficient (Wildman–Crippen LogP) is 4.52. The average Bonchev–Trinajstić information content (AvgIpc) is 2.69. The fourth-order valence-electron chi connectivity index (χ4n) is 3.32. The fraction of sp³-hybridized carbons (Fsp3) is 0.458. The van der Waals surface area contributed by atoms with E-state index in [1.807, 2.05) is 40.7 Å². The van der Waals surface area contributed by atoms with Crippen LogP contribution in [0.3, 0.4) is 0 Å². The molecule has 0 saturated heterocycles. The van der Waals surface area contributed by atoms with Gasteiger partial charge < -0.3 is 19.3 Å². The summed E-state index contributed by atoms with van der Waals surface area (Å²) in [5, 5.41) is 2.93. The molecule has 0 saturated carbocycles. The van der Waals surface area contributed by atoms with Gasteiger partial charge in [-0.3, -0.25) is 0 Å². The maximum absolute atomic E-state index is 13.4. The number of amides is 2. The molecule has 0 fully saturated rings. The van der Waals surface area contributed by atoms with Crippen LogP contribution in [-0.4, -0.2) is 44.2 Å². The van der Waals surface area contributed by atoms with E-state index in [9.17, 15) is 17.6 Å². The van der Waals surface area contributed by atoms with Crippen LogP contribution in [0.1, 0.15) is 45.7 Å². The van der Waals surface area contributed by atoms with Crippen molar-refractivity contribution >= 4 is 21.8 Å². The monoisotopic (exact) mass is 479 g/mol. The van der Waals surface area contributed by atoms with Crippen molar-refractivity contribution in [1.29, 1.82) is 0 Å². The highest BCUT2D eigenvalue weighted by atomic mass is 32.2. The van der Waals surface area contributed by atoms with E-state index >= 15 is 0 Å². The van der Waals surface area contributed by atoms with Crippen LogP contribution in [0.2, 0.25) is 0 Å². The van der Waals surface area contributed by atoms with Gasteiger partial charge >= 0.3 is 16.1 Å². The molecular weight excluding hydrogens is 445 g/mol. The molecule has 7 nitrogen and oxygen atoms in total. The molecule has 0 aliphatic carbocycles. The number of nitrogens with one attached hydrogen (secondary N) is 1. The third-order valence-electron chi connectivity index (χ3n) is 4.84. The van der Waals surface area contributed by atoms with Gasteiger partial charge in [-0.15, -0.1) is 0 Å². The number of hydrogen-bond donors (Lipinski definition) is 1. The molecule has 2 rings (SSSR count). The van der Waals surface area contributed by atoms with Crippen molar-refractivity contribution in [2.24, 2.45) is 0 Å². The maximum Gasteiger partial charge on any atom is 0.318 e. The van der Waals surface area contributed by atoms with Gasteiger partial charge in [0.25, 0.3) is 0 Å². The summed E-state index contributed by atoms with van der Waals surface area (Å²) < 4.78 is 42.5. The van der Waals surface area contributed by atoms with Gasteiger partial charge in [0.1, 0.15) is 11.6 Å². The zero-order valence-corrected chi connectivity index (χ0v) is 21.0. The van der Waals surface area contributed by atoms with E-state index in [1.54, 1.807) is 29.2 Å². The van der Waals surface area contributed by atoms with Crippen LogP contribution in [0.15, 0.2) is 42.5 Å². The molecule has 182 valence electrons. The Bertz CT molecular complexity index is 1050. The van der Waals surface area contributed by atoms with Crippen molar-refractivity contribution in [3.8, 4) is 5.75 Å². The summed E-state index contributed by atoms with van der Waals surface area (Å²) >= 11 is 0. The van der Waals surface area contributed by atoms with Gasteiger partial charge in [0, 0.05) is 42.5 Å². The number of halogens is 1. The average molecular weight is 480 g/mol. The number of hydrogen-bond acceptors (Lipinski definition) is 5. The quantitative estimate of drug-likeness (QED) is 0.535. The summed E-state index contributed by atoms with van der Waals surface area (Å²) in [7, 11) is -3.78. The summed E-state index contributed by atoms with van der Waals surface area (Å²) in [6.07, 6.45) is 0.990. The van der Waals surface area contributed by atoms with Crippen molar-refractivity contribution < 1.29 is 21.8 Å². The van der Waals surface area contributed by atoms with Crippen molar-refractivity contribution in [1.82, 2.24) is 10.2 Å². The number of nitrogens with zero attached hydrogens (tertiary/aromatic N) is 2. The summed E-state index contributed by atoms with van der Waals surface area (Å²) in [5.41, 5.74) is 1.64. The Morgan fingerprint density at radius 2 is 1.64 bits per heavy atom. The molecule has 2 aromatic carbocycles. The predicted molar refractivity (Wildman–Crippen MR) is 129 cm³/mol. The minimum Gasteiger partial charge on any atom is -0.382 e. The third kappa shape index (κ3) is 8.57. The molecule has 2 aromatic rings. The number of rotatable bonds is 9. The van der Waals surface area contributed by atoms with Crippen LogP contribution in [0.25, 0.3) is 0 Å². The number of carbonyl (C=O) groups excluding carboxylic acids is 1. The minimum absolute atomic E-state index is 0.0999. The van der Waals surface area contributed by atoms with Gasteiger partial charge in [-0.05, 0) is 58.4 Å². The van der Waals surface area contributed by atoms with Gasteiger partial charge in [0.15, 0.2) is 0 Å². The first kappa shape index (κ1) is 26.4. The van der Waals surface area contributed by atoms with E-state index in [2.05, 4.69) is 10.2 Å². The Morgan fingerprint density at radius 3 is 2.15 bits per heavy atom. The van der Waals surface area contributed by atoms with Crippen LogP contribution in [0.5, 0.6) is 5.75 Å². The van der Waals surface area contributed by atoms with Crippen molar-refractivity contribution in [2.45, 2.75) is 53.2 Å². The second-order valence-corrected chi connectivity index (χ2v) is 10.5. The highest BCUT2D eigenvalue weighted by molar-refractivity contribution is 7.86. The van der Waals surface area contributed by atoms with E-state index in [4.69, 9.17) is 4.18 Å². The third-order valence-corrected chi connectivity index (χ3v) is 5.32. The lowest BCUT2D eigenvalue weighted by Gasteiger charge is -2.29. The first-order chi connectivity index (χ1) is 15.3. The molecule has 0 bridgehead atoms. The smallest absolute Gasteiger partial charge is 0.318 e. The molecule has 2 amide bonds. The Balaban J connectivity index is 2.45. The first-order valence-corrected chi connectivity index (χ1v) is 12.7. The van der Waals surface area contributed by atoms with Gasteiger partial charge in [-0.1, -0.05) is 18.2 Å². The summed E-state index contributed by atoms with van der Waals surface area (Å²) in [4.78, 5) is 16.7. The van der Waals surface area contributed by atoms with Crippen molar-refractivity contribution in [3.63, 3.8) is 0 Å². The van der Waals surface area contributed by atoms with Crippen LogP contribution in [0.4, 0.5) is 14.9 Å². The summed E-state index contributed by atoms with van der Waals surface area (Å²) in [6, 6.07) is 10.9. The molecule has 0 spiro atoms. The molecule has 0 radical (unpaired) electrons. The van der Waals surface area contributed by atoms with Gasteiger partial charge in [0.05, 0.1) is 12.8 Å². The van der Waals surface area contributed by atoms with Crippen molar-refractivity contribution in [2.75, 3.05) is 24.2 Å². The Hall–Kier alpha value is -2.81. The Kier molecular flexibility index (Phi) is 8.71. The van der Waals surface area contributed by atoms with Gasteiger partial charge in [0.2, 0.25) is 0 Å².